The Bertz CT molecular complexity index is 196. The van der Waals surface area contributed by atoms with Crippen molar-refractivity contribution in [2.45, 2.75) is 32.7 Å². The maximum Gasteiger partial charge on any atom is 0.0473 e. The average Bonchev–Trinajstić information content (AvgIpc) is 2.25. The van der Waals surface area contributed by atoms with Crippen LogP contribution in [0.4, 0.5) is 0 Å². The maximum atomic E-state index is 9.36. The van der Waals surface area contributed by atoms with Crippen LogP contribution in [0.2, 0.25) is 0 Å². The van der Waals surface area contributed by atoms with Crippen molar-refractivity contribution >= 4 is 0 Å². The van der Waals surface area contributed by atoms with Crippen LogP contribution in [0.1, 0.15) is 26.7 Å². The Labute approximate surface area is 100 Å². The second-order valence-corrected chi connectivity index (χ2v) is 5.68. The first-order valence-corrected chi connectivity index (χ1v) is 6.54. The Hall–Kier alpha value is -0.120. The highest BCUT2D eigenvalue weighted by Gasteiger charge is 2.23. The highest BCUT2D eigenvalue weighted by Crippen LogP contribution is 2.17. The lowest BCUT2D eigenvalue weighted by molar-refractivity contribution is 0.0880. The summed E-state index contributed by atoms with van der Waals surface area (Å²) in [5.41, 5.74) is 0. The van der Waals surface area contributed by atoms with Crippen molar-refractivity contribution in [3.05, 3.63) is 0 Å². The van der Waals surface area contributed by atoms with E-state index in [9.17, 15) is 5.11 Å². The van der Waals surface area contributed by atoms with Gasteiger partial charge >= 0.3 is 0 Å². The molecule has 2 atom stereocenters. The first-order valence-electron chi connectivity index (χ1n) is 6.54. The minimum atomic E-state index is 0.310. The molecule has 96 valence electrons. The number of hydrogen-bond donors (Lipinski definition) is 1. The number of aliphatic hydroxyl groups is 1. The van der Waals surface area contributed by atoms with E-state index >= 15 is 0 Å². The minimum absolute atomic E-state index is 0.310. The average molecular weight is 228 g/mol. The number of likely N-dealkylation sites (tertiary alicyclic amines) is 1. The molecule has 1 heterocycles. The lowest BCUT2D eigenvalue weighted by atomic mass is 9.95. The van der Waals surface area contributed by atoms with Crippen LogP contribution in [0.15, 0.2) is 0 Å². The summed E-state index contributed by atoms with van der Waals surface area (Å²) >= 11 is 0. The SMILES string of the molecule is CC(C)C(CO)CN(C)C1CCCN(C)C1. The Morgan fingerprint density at radius 1 is 1.44 bits per heavy atom. The highest BCUT2D eigenvalue weighted by atomic mass is 16.3. The van der Waals surface area contributed by atoms with Gasteiger partial charge in [-0.2, -0.15) is 0 Å². The standard InChI is InChI=1S/C13H28N2O/c1-11(2)12(10-16)8-15(4)13-6-5-7-14(3)9-13/h11-13,16H,5-10H2,1-4H3. The molecule has 0 spiro atoms. The molecule has 1 aliphatic heterocycles. The number of piperidine rings is 1. The first kappa shape index (κ1) is 13.9. The number of rotatable bonds is 5. The molecule has 3 heteroatoms. The van der Waals surface area contributed by atoms with Crippen molar-refractivity contribution in [1.82, 2.24) is 9.80 Å². The predicted octanol–water partition coefficient (Wildman–Crippen LogP) is 1.28. The van der Waals surface area contributed by atoms with Gasteiger partial charge in [0.05, 0.1) is 0 Å². The Morgan fingerprint density at radius 3 is 2.62 bits per heavy atom. The zero-order chi connectivity index (χ0) is 12.1. The van der Waals surface area contributed by atoms with E-state index < -0.39 is 0 Å². The Kier molecular flexibility index (Phi) is 5.73. The molecule has 1 aliphatic rings. The Morgan fingerprint density at radius 2 is 2.12 bits per heavy atom. The monoisotopic (exact) mass is 228 g/mol. The number of nitrogens with zero attached hydrogens (tertiary/aromatic N) is 2. The van der Waals surface area contributed by atoms with Crippen LogP contribution in [0.25, 0.3) is 0 Å². The van der Waals surface area contributed by atoms with E-state index in [4.69, 9.17) is 0 Å². The van der Waals surface area contributed by atoms with Crippen molar-refractivity contribution in [2.24, 2.45) is 11.8 Å². The van der Waals surface area contributed by atoms with Crippen LogP contribution in [0.5, 0.6) is 0 Å². The van der Waals surface area contributed by atoms with E-state index in [0.29, 0.717) is 24.5 Å². The second kappa shape index (κ2) is 6.58. The summed E-state index contributed by atoms with van der Waals surface area (Å²) in [4.78, 5) is 4.85. The molecule has 16 heavy (non-hydrogen) atoms. The van der Waals surface area contributed by atoms with E-state index in [2.05, 4.69) is 37.7 Å². The molecule has 0 saturated carbocycles. The third-order valence-corrected chi connectivity index (χ3v) is 3.92. The molecule has 0 aromatic rings. The van der Waals surface area contributed by atoms with Crippen molar-refractivity contribution < 1.29 is 5.11 Å². The summed E-state index contributed by atoms with van der Waals surface area (Å²) in [5, 5.41) is 9.36. The molecule has 3 nitrogen and oxygen atoms in total. The van der Waals surface area contributed by atoms with Gasteiger partial charge in [-0.05, 0) is 45.3 Å². The van der Waals surface area contributed by atoms with Crippen molar-refractivity contribution in [3.8, 4) is 0 Å². The minimum Gasteiger partial charge on any atom is -0.396 e. The number of aliphatic hydroxyl groups excluding tert-OH is 1. The van der Waals surface area contributed by atoms with Gasteiger partial charge in [0.2, 0.25) is 0 Å². The fraction of sp³-hybridized carbons (Fsp3) is 1.00. The van der Waals surface area contributed by atoms with Gasteiger partial charge in [0.1, 0.15) is 0 Å². The van der Waals surface area contributed by atoms with Gasteiger partial charge in [0, 0.05) is 25.7 Å². The van der Waals surface area contributed by atoms with Crippen LogP contribution < -0.4 is 0 Å². The molecular weight excluding hydrogens is 200 g/mol. The zero-order valence-corrected chi connectivity index (χ0v) is 11.3. The van der Waals surface area contributed by atoms with Crippen LogP contribution in [0.3, 0.4) is 0 Å². The van der Waals surface area contributed by atoms with Crippen LogP contribution in [-0.2, 0) is 0 Å². The summed E-state index contributed by atoms with van der Waals surface area (Å²) < 4.78 is 0. The van der Waals surface area contributed by atoms with Crippen LogP contribution >= 0.6 is 0 Å². The lowest BCUT2D eigenvalue weighted by Gasteiger charge is -2.37. The summed E-state index contributed by atoms with van der Waals surface area (Å²) in [6.45, 7) is 8.13. The van der Waals surface area contributed by atoms with Gasteiger partial charge in [0.25, 0.3) is 0 Å². The molecule has 1 rings (SSSR count). The molecule has 0 aliphatic carbocycles. The van der Waals surface area contributed by atoms with Gasteiger partial charge in [-0.15, -0.1) is 0 Å². The Balaban J connectivity index is 2.40. The quantitative estimate of drug-likeness (QED) is 0.768. The van der Waals surface area contributed by atoms with Gasteiger partial charge in [-0.1, -0.05) is 13.8 Å². The molecule has 0 aromatic heterocycles. The van der Waals surface area contributed by atoms with E-state index in [-0.39, 0.29) is 0 Å². The topological polar surface area (TPSA) is 26.7 Å². The van der Waals surface area contributed by atoms with Gasteiger partial charge in [0.15, 0.2) is 0 Å². The second-order valence-electron chi connectivity index (χ2n) is 5.68. The zero-order valence-electron chi connectivity index (χ0n) is 11.3. The van der Waals surface area contributed by atoms with Crippen LogP contribution in [-0.4, -0.2) is 61.3 Å². The molecular formula is C13H28N2O. The summed E-state index contributed by atoms with van der Waals surface area (Å²) in [6.07, 6.45) is 2.61. The molecule has 0 amide bonds. The van der Waals surface area contributed by atoms with Crippen molar-refractivity contribution in [3.63, 3.8) is 0 Å². The predicted molar refractivity (Wildman–Crippen MR) is 68.6 cm³/mol. The summed E-state index contributed by atoms with van der Waals surface area (Å²) in [7, 11) is 4.40. The molecule has 0 aromatic carbocycles. The molecule has 0 radical (unpaired) electrons. The first-order chi connectivity index (χ1) is 7.54. The summed E-state index contributed by atoms with van der Waals surface area (Å²) in [6, 6.07) is 0.673. The third kappa shape index (κ3) is 4.04. The van der Waals surface area contributed by atoms with Gasteiger partial charge < -0.3 is 14.9 Å². The maximum absolute atomic E-state index is 9.36. The van der Waals surface area contributed by atoms with E-state index in [1.165, 1.54) is 25.9 Å². The number of likely N-dealkylation sites (N-methyl/N-ethyl adjacent to an activating group) is 2. The largest absolute Gasteiger partial charge is 0.396 e. The molecule has 0 bridgehead atoms. The molecule has 1 fully saturated rings. The van der Waals surface area contributed by atoms with E-state index in [0.717, 1.165) is 6.54 Å². The molecule has 1 N–H and O–H groups in total. The van der Waals surface area contributed by atoms with Crippen LogP contribution in [0, 0.1) is 11.8 Å². The van der Waals surface area contributed by atoms with Gasteiger partial charge in [-0.3, -0.25) is 0 Å². The number of hydrogen-bond acceptors (Lipinski definition) is 3. The van der Waals surface area contributed by atoms with E-state index in [1.54, 1.807) is 0 Å². The molecule has 1 saturated heterocycles. The fourth-order valence-corrected chi connectivity index (χ4v) is 2.50. The summed E-state index contributed by atoms with van der Waals surface area (Å²) in [5.74, 6) is 0.978. The van der Waals surface area contributed by atoms with E-state index in [1.807, 2.05) is 0 Å². The highest BCUT2D eigenvalue weighted by molar-refractivity contribution is 4.79. The van der Waals surface area contributed by atoms with Gasteiger partial charge in [-0.25, -0.2) is 0 Å². The third-order valence-electron chi connectivity index (χ3n) is 3.92. The van der Waals surface area contributed by atoms with Crippen molar-refractivity contribution in [2.75, 3.05) is 40.3 Å². The normalized spacial score (nSPS) is 25.3. The smallest absolute Gasteiger partial charge is 0.0473 e. The molecule has 2 unspecified atom stereocenters. The fourth-order valence-electron chi connectivity index (χ4n) is 2.50. The van der Waals surface area contributed by atoms with Crippen molar-refractivity contribution in [1.29, 1.82) is 0 Å². The lowest BCUT2D eigenvalue weighted by Crippen LogP contribution is -2.47.